The molecule has 0 spiro atoms. The molecule has 2 rings (SSSR count). The van der Waals surface area contributed by atoms with E-state index < -0.39 is 5.97 Å². The van der Waals surface area contributed by atoms with E-state index in [9.17, 15) is 4.79 Å². The zero-order valence-corrected chi connectivity index (χ0v) is 11.4. The first kappa shape index (κ1) is 13.9. The molecule has 104 valence electrons. The lowest BCUT2D eigenvalue weighted by atomic mass is 9.99. The number of hydrogen-bond donors (Lipinski definition) is 1. The fourth-order valence-electron chi connectivity index (χ4n) is 2.20. The van der Waals surface area contributed by atoms with E-state index in [4.69, 9.17) is 14.6 Å². The molecular weight excluding hydrogens is 256 g/mol. The van der Waals surface area contributed by atoms with Crippen molar-refractivity contribution in [2.24, 2.45) is 0 Å². The second kappa shape index (κ2) is 6.10. The Bertz CT molecular complexity index is 605. The molecule has 0 atom stereocenters. The van der Waals surface area contributed by atoms with Crippen molar-refractivity contribution in [2.45, 2.75) is 6.42 Å². The Morgan fingerprint density at radius 2 is 1.75 bits per heavy atom. The largest absolute Gasteiger partial charge is 0.496 e. The fourth-order valence-corrected chi connectivity index (χ4v) is 2.20. The zero-order chi connectivity index (χ0) is 14.5. The van der Waals surface area contributed by atoms with Gasteiger partial charge in [-0.2, -0.15) is 0 Å². The molecular formula is C16H16O4. The van der Waals surface area contributed by atoms with Crippen LogP contribution in [0.25, 0.3) is 11.1 Å². The monoisotopic (exact) mass is 272 g/mol. The molecule has 0 aromatic heterocycles. The van der Waals surface area contributed by atoms with Gasteiger partial charge in [0.15, 0.2) is 0 Å². The molecule has 0 aliphatic carbocycles. The molecule has 2 aromatic rings. The van der Waals surface area contributed by atoms with Crippen LogP contribution in [0, 0.1) is 0 Å². The highest BCUT2D eigenvalue weighted by molar-refractivity contribution is 5.79. The molecule has 0 aliphatic heterocycles. The summed E-state index contributed by atoms with van der Waals surface area (Å²) in [6.07, 6.45) is -0.146. The molecule has 1 N–H and O–H groups in total. The Morgan fingerprint density at radius 1 is 1.05 bits per heavy atom. The average Bonchev–Trinajstić information content (AvgIpc) is 2.47. The molecule has 0 unspecified atom stereocenters. The third kappa shape index (κ3) is 2.74. The van der Waals surface area contributed by atoms with Gasteiger partial charge in [0.2, 0.25) is 0 Å². The summed E-state index contributed by atoms with van der Waals surface area (Å²) in [5.41, 5.74) is 2.37. The normalized spacial score (nSPS) is 10.1. The van der Waals surface area contributed by atoms with Gasteiger partial charge in [-0.1, -0.05) is 30.3 Å². The van der Waals surface area contributed by atoms with E-state index in [0.29, 0.717) is 17.1 Å². The highest BCUT2D eigenvalue weighted by atomic mass is 16.5. The van der Waals surface area contributed by atoms with E-state index in [0.717, 1.165) is 11.1 Å². The standard InChI is InChI=1S/C16H16O4/c1-19-14-9-8-12(11-6-4-3-5-7-11)16(20-2)13(14)10-15(17)18/h3-9H,10H2,1-2H3,(H,17,18). The molecule has 4 nitrogen and oxygen atoms in total. The van der Waals surface area contributed by atoms with Crippen molar-refractivity contribution in [1.82, 2.24) is 0 Å². The lowest BCUT2D eigenvalue weighted by Gasteiger charge is -2.16. The predicted molar refractivity (Wildman–Crippen MR) is 76.3 cm³/mol. The number of aliphatic carboxylic acids is 1. The fraction of sp³-hybridized carbons (Fsp3) is 0.188. The summed E-state index contributed by atoms with van der Waals surface area (Å²) < 4.78 is 10.7. The lowest BCUT2D eigenvalue weighted by molar-refractivity contribution is -0.136. The smallest absolute Gasteiger partial charge is 0.308 e. The molecule has 20 heavy (non-hydrogen) atoms. The van der Waals surface area contributed by atoms with Crippen LogP contribution in [0.15, 0.2) is 42.5 Å². The van der Waals surface area contributed by atoms with Gasteiger partial charge in [-0.3, -0.25) is 4.79 Å². The van der Waals surface area contributed by atoms with Gasteiger partial charge in [-0.25, -0.2) is 0 Å². The number of benzene rings is 2. The maximum Gasteiger partial charge on any atom is 0.308 e. The minimum atomic E-state index is -0.924. The molecule has 0 saturated carbocycles. The number of ether oxygens (including phenoxy) is 2. The summed E-state index contributed by atoms with van der Waals surface area (Å²) in [6, 6.07) is 13.3. The molecule has 4 heteroatoms. The molecule has 0 radical (unpaired) electrons. The van der Waals surface area contributed by atoms with Gasteiger partial charge in [0, 0.05) is 11.1 Å². The summed E-state index contributed by atoms with van der Waals surface area (Å²) in [5.74, 6) is 0.133. The Kier molecular flexibility index (Phi) is 4.25. The molecule has 0 aliphatic rings. The predicted octanol–water partition coefficient (Wildman–Crippen LogP) is 3.00. The van der Waals surface area contributed by atoms with Crippen molar-refractivity contribution in [3.63, 3.8) is 0 Å². The average molecular weight is 272 g/mol. The molecule has 2 aromatic carbocycles. The number of hydrogen-bond acceptors (Lipinski definition) is 3. The van der Waals surface area contributed by atoms with Crippen LogP contribution in [0.3, 0.4) is 0 Å². The van der Waals surface area contributed by atoms with Gasteiger partial charge in [0.05, 0.1) is 20.6 Å². The van der Waals surface area contributed by atoms with Crippen molar-refractivity contribution >= 4 is 5.97 Å². The molecule has 0 bridgehead atoms. The number of methoxy groups -OCH3 is 2. The highest BCUT2D eigenvalue weighted by Crippen LogP contribution is 2.38. The van der Waals surface area contributed by atoms with E-state index in [2.05, 4.69) is 0 Å². The summed E-state index contributed by atoms with van der Waals surface area (Å²) >= 11 is 0. The van der Waals surface area contributed by atoms with Crippen molar-refractivity contribution < 1.29 is 19.4 Å². The third-order valence-electron chi connectivity index (χ3n) is 3.05. The Morgan fingerprint density at radius 3 is 2.30 bits per heavy atom. The van der Waals surface area contributed by atoms with Gasteiger partial charge in [0.25, 0.3) is 0 Å². The van der Waals surface area contributed by atoms with Crippen LogP contribution >= 0.6 is 0 Å². The SMILES string of the molecule is COc1ccc(-c2ccccc2)c(OC)c1CC(=O)O. The van der Waals surface area contributed by atoms with Crippen LogP contribution in [0.4, 0.5) is 0 Å². The minimum Gasteiger partial charge on any atom is -0.496 e. The number of carboxylic acid groups (broad SMARTS) is 1. The number of carboxylic acids is 1. The summed E-state index contributed by atoms with van der Waals surface area (Å²) in [6.45, 7) is 0. The van der Waals surface area contributed by atoms with Crippen LogP contribution in [0.2, 0.25) is 0 Å². The Balaban J connectivity index is 2.62. The lowest BCUT2D eigenvalue weighted by Crippen LogP contribution is -2.05. The first-order valence-corrected chi connectivity index (χ1v) is 6.18. The van der Waals surface area contributed by atoms with Crippen molar-refractivity contribution in [3.8, 4) is 22.6 Å². The first-order valence-electron chi connectivity index (χ1n) is 6.18. The van der Waals surface area contributed by atoms with Gasteiger partial charge >= 0.3 is 5.97 Å². The van der Waals surface area contributed by atoms with Crippen molar-refractivity contribution in [3.05, 3.63) is 48.0 Å². The van der Waals surface area contributed by atoms with Gasteiger partial charge in [-0.15, -0.1) is 0 Å². The van der Waals surface area contributed by atoms with E-state index in [1.807, 2.05) is 36.4 Å². The van der Waals surface area contributed by atoms with Gasteiger partial charge in [-0.05, 0) is 17.7 Å². The van der Waals surface area contributed by atoms with Crippen LogP contribution < -0.4 is 9.47 Å². The number of carbonyl (C=O) groups is 1. The van der Waals surface area contributed by atoms with Crippen LogP contribution in [0.5, 0.6) is 11.5 Å². The van der Waals surface area contributed by atoms with E-state index in [1.165, 1.54) is 14.2 Å². The van der Waals surface area contributed by atoms with E-state index >= 15 is 0 Å². The number of rotatable bonds is 5. The first-order chi connectivity index (χ1) is 9.67. The molecule has 0 amide bonds. The second-order valence-corrected chi connectivity index (χ2v) is 4.26. The second-order valence-electron chi connectivity index (χ2n) is 4.26. The molecule has 0 fully saturated rings. The highest BCUT2D eigenvalue weighted by Gasteiger charge is 2.18. The molecule has 0 heterocycles. The van der Waals surface area contributed by atoms with Gasteiger partial charge < -0.3 is 14.6 Å². The van der Waals surface area contributed by atoms with E-state index in [1.54, 1.807) is 6.07 Å². The summed E-state index contributed by atoms with van der Waals surface area (Å²) in [5, 5.41) is 9.06. The van der Waals surface area contributed by atoms with Crippen molar-refractivity contribution in [1.29, 1.82) is 0 Å². The van der Waals surface area contributed by atoms with E-state index in [-0.39, 0.29) is 6.42 Å². The van der Waals surface area contributed by atoms with Gasteiger partial charge in [0.1, 0.15) is 11.5 Å². The summed E-state index contributed by atoms with van der Waals surface area (Å²) in [4.78, 5) is 11.0. The maximum absolute atomic E-state index is 11.0. The third-order valence-corrected chi connectivity index (χ3v) is 3.05. The van der Waals surface area contributed by atoms with Crippen LogP contribution in [-0.4, -0.2) is 25.3 Å². The summed E-state index contributed by atoms with van der Waals surface area (Å²) in [7, 11) is 3.05. The quantitative estimate of drug-likeness (QED) is 0.909. The van der Waals surface area contributed by atoms with Crippen molar-refractivity contribution in [2.75, 3.05) is 14.2 Å². The maximum atomic E-state index is 11.0. The Labute approximate surface area is 117 Å². The van der Waals surface area contributed by atoms with Crippen LogP contribution in [0.1, 0.15) is 5.56 Å². The Hall–Kier alpha value is -2.49. The zero-order valence-electron chi connectivity index (χ0n) is 11.4. The molecule has 0 saturated heterocycles. The topological polar surface area (TPSA) is 55.8 Å². The van der Waals surface area contributed by atoms with Crippen LogP contribution in [-0.2, 0) is 11.2 Å². The minimum absolute atomic E-state index is 0.146.